The Labute approximate surface area is 135 Å². The number of hydrogen-bond donors (Lipinski definition) is 2. The van der Waals surface area contributed by atoms with Crippen LogP contribution in [0.1, 0.15) is 30.6 Å². The molecule has 0 saturated heterocycles. The van der Waals surface area contributed by atoms with Crippen LogP contribution in [0.15, 0.2) is 41.8 Å². The third-order valence-corrected chi connectivity index (χ3v) is 4.61. The molecule has 0 radical (unpaired) electrons. The number of carbonyl (C=O) groups excluding carboxylic acids is 1. The molecule has 2 N–H and O–H groups in total. The van der Waals surface area contributed by atoms with Crippen LogP contribution in [0.2, 0.25) is 0 Å². The Bertz CT molecular complexity index is 799. The standard InChI is InChI=1S/C15H20N4O3S/c1-4-11(2)17-15(20)12-7-5-6-8-13(12)18-23(21,22)14-9-19(3)10-16-14/h5-11,18H,4H2,1-3H3,(H,17,20). The molecule has 1 amide bonds. The van der Waals surface area contributed by atoms with Crippen LogP contribution in [0.3, 0.4) is 0 Å². The first kappa shape index (κ1) is 17.0. The Morgan fingerprint density at radius 3 is 2.65 bits per heavy atom. The average Bonchev–Trinajstić information content (AvgIpc) is 2.94. The second kappa shape index (κ2) is 6.82. The second-order valence-electron chi connectivity index (χ2n) is 5.31. The number of nitrogens with one attached hydrogen (secondary N) is 2. The Balaban J connectivity index is 2.29. The normalized spacial score (nSPS) is 12.7. The molecule has 1 heterocycles. The molecule has 23 heavy (non-hydrogen) atoms. The van der Waals surface area contributed by atoms with Crippen molar-refractivity contribution in [2.24, 2.45) is 7.05 Å². The number of carbonyl (C=O) groups is 1. The molecule has 0 bridgehead atoms. The Morgan fingerprint density at radius 1 is 1.35 bits per heavy atom. The van der Waals surface area contributed by atoms with E-state index < -0.39 is 10.0 Å². The van der Waals surface area contributed by atoms with Crippen molar-refractivity contribution < 1.29 is 13.2 Å². The summed E-state index contributed by atoms with van der Waals surface area (Å²) in [7, 11) is -2.16. The minimum Gasteiger partial charge on any atom is -0.350 e. The number of amides is 1. The number of benzene rings is 1. The van der Waals surface area contributed by atoms with Gasteiger partial charge in [0.25, 0.3) is 15.9 Å². The minimum atomic E-state index is -3.84. The lowest BCUT2D eigenvalue weighted by Gasteiger charge is -2.14. The number of aromatic nitrogens is 2. The van der Waals surface area contributed by atoms with Gasteiger partial charge in [-0.1, -0.05) is 19.1 Å². The molecule has 2 aromatic rings. The molecule has 1 aromatic carbocycles. The monoisotopic (exact) mass is 336 g/mol. The molecule has 1 unspecified atom stereocenters. The summed E-state index contributed by atoms with van der Waals surface area (Å²) < 4.78 is 28.7. The van der Waals surface area contributed by atoms with Crippen LogP contribution in [0.5, 0.6) is 0 Å². The highest BCUT2D eigenvalue weighted by Crippen LogP contribution is 2.19. The van der Waals surface area contributed by atoms with Gasteiger partial charge < -0.3 is 9.88 Å². The fourth-order valence-corrected chi connectivity index (χ4v) is 2.96. The molecular weight excluding hydrogens is 316 g/mol. The summed E-state index contributed by atoms with van der Waals surface area (Å²) in [5.41, 5.74) is 0.492. The van der Waals surface area contributed by atoms with E-state index in [4.69, 9.17) is 0 Å². The van der Waals surface area contributed by atoms with Gasteiger partial charge in [-0.15, -0.1) is 0 Å². The predicted octanol–water partition coefficient (Wildman–Crippen LogP) is 1.75. The third-order valence-electron chi connectivity index (χ3n) is 3.36. The smallest absolute Gasteiger partial charge is 0.280 e. The van der Waals surface area contributed by atoms with Crippen LogP contribution in [0.25, 0.3) is 0 Å². The fraction of sp³-hybridized carbons (Fsp3) is 0.333. The number of rotatable bonds is 6. The molecule has 124 valence electrons. The zero-order valence-corrected chi connectivity index (χ0v) is 14.1. The van der Waals surface area contributed by atoms with Crippen LogP contribution < -0.4 is 10.0 Å². The Hall–Kier alpha value is -2.35. The maximum atomic E-state index is 12.3. The number of aryl methyl sites for hydroxylation is 1. The SMILES string of the molecule is CCC(C)NC(=O)c1ccccc1NS(=O)(=O)c1cn(C)cn1. The quantitative estimate of drug-likeness (QED) is 0.840. The summed E-state index contributed by atoms with van der Waals surface area (Å²) in [6, 6.07) is 6.48. The molecule has 0 saturated carbocycles. The van der Waals surface area contributed by atoms with Crippen LogP contribution in [0.4, 0.5) is 5.69 Å². The van der Waals surface area contributed by atoms with Gasteiger partial charge in [0.15, 0.2) is 5.03 Å². The highest BCUT2D eigenvalue weighted by Gasteiger charge is 2.21. The first-order chi connectivity index (χ1) is 10.8. The van der Waals surface area contributed by atoms with Crippen LogP contribution in [0, 0.1) is 0 Å². The van der Waals surface area contributed by atoms with Crippen molar-refractivity contribution in [1.82, 2.24) is 14.9 Å². The van der Waals surface area contributed by atoms with E-state index in [0.717, 1.165) is 6.42 Å². The van der Waals surface area contributed by atoms with Crippen molar-refractivity contribution in [3.8, 4) is 0 Å². The van der Waals surface area contributed by atoms with E-state index in [1.165, 1.54) is 17.1 Å². The average molecular weight is 336 g/mol. The number of nitrogens with zero attached hydrogens (tertiary/aromatic N) is 2. The van der Waals surface area contributed by atoms with Crippen LogP contribution >= 0.6 is 0 Å². The molecule has 2 rings (SSSR count). The molecule has 1 aromatic heterocycles. The van der Waals surface area contributed by atoms with Crippen molar-refractivity contribution in [2.45, 2.75) is 31.3 Å². The first-order valence-electron chi connectivity index (χ1n) is 7.24. The lowest BCUT2D eigenvalue weighted by molar-refractivity contribution is 0.0940. The molecule has 0 fully saturated rings. The van der Waals surface area contributed by atoms with Crippen molar-refractivity contribution in [2.75, 3.05) is 4.72 Å². The molecule has 0 aliphatic heterocycles. The van der Waals surface area contributed by atoms with E-state index in [9.17, 15) is 13.2 Å². The number of para-hydroxylation sites is 1. The van der Waals surface area contributed by atoms with Gasteiger partial charge in [0, 0.05) is 19.3 Å². The summed E-state index contributed by atoms with van der Waals surface area (Å²) in [5.74, 6) is -0.321. The largest absolute Gasteiger partial charge is 0.350 e. The van der Waals surface area contributed by atoms with Gasteiger partial charge in [-0.3, -0.25) is 9.52 Å². The molecule has 8 heteroatoms. The van der Waals surface area contributed by atoms with Crippen molar-refractivity contribution in [3.63, 3.8) is 0 Å². The first-order valence-corrected chi connectivity index (χ1v) is 8.72. The van der Waals surface area contributed by atoms with E-state index >= 15 is 0 Å². The van der Waals surface area contributed by atoms with Gasteiger partial charge in [-0.25, -0.2) is 4.98 Å². The molecule has 7 nitrogen and oxygen atoms in total. The van der Waals surface area contributed by atoms with Gasteiger partial charge in [-0.2, -0.15) is 8.42 Å². The molecule has 0 spiro atoms. The Kier molecular flexibility index (Phi) is 5.05. The summed E-state index contributed by atoms with van der Waals surface area (Å²) in [4.78, 5) is 16.1. The maximum absolute atomic E-state index is 12.3. The van der Waals surface area contributed by atoms with Gasteiger partial charge in [0.05, 0.1) is 17.6 Å². The molecule has 0 aliphatic carbocycles. The highest BCUT2D eigenvalue weighted by molar-refractivity contribution is 7.92. The topological polar surface area (TPSA) is 93.1 Å². The second-order valence-corrected chi connectivity index (χ2v) is 6.94. The minimum absolute atomic E-state index is 0.00273. The van der Waals surface area contributed by atoms with Crippen LogP contribution in [-0.4, -0.2) is 29.9 Å². The van der Waals surface area contributed by atoms with Crippen molar-refractivity contribution in [1.29, 1.82) is 0 Å². The van der Waals surface area contributed by atoms with Gasteiger partial charge in [-0.05, 0) is 25.5 Å². The van der Waals surface area contributed by atoms with Crippen molar-refractivity contribution in [3.05, 3.63) is 42.4 Å². The third kappa shape index (κ3) is 4.10. The van der Waals surface area contributed by atoms with E-state index in [0.29, 0.717) is 0 Å². The molecular formula is C15H20N4O3S. The fourth-order valence-electron chi connectivity index (χ4n) is 1.90. The summed E-state index contributed by atoms with van der Waals surface area (Å²) in [5, 5.41) is 2.72. The maximum Gasteiger partial charge on any atom is 0.280 e. The van der Waals surface area contributed by atoms with E-state index in [2.05, 4.69) is 15.0 Å². The zero-order valence-electron chi connectivity index (χ0n) is 13.3. The number of sulfonamides is 1. The predicted molar refractivity (Wildman–Crippen MR) is 87.7 cm³/mol. The molecule has 0 aliphatic rings. The molecule has 1 atom stereocenters. The van der Waals surface area contributed by atoms with E-state index in [1.807, 2.05) is 13.8 Å². The van der Waals surface area contributed by atoms with Gasteiger partial charge in [0.2, 0.25) is 0 Å². The van der Waals surface area contributed by atoms with Crippen molar-refractivity contribution >= 4 is 21.6 Å². The summed E-state index contributed by atoms with van der Waals surface area (Å²) in [6.45, 7) is 3.85. The highest BCUT2D eigenvalue weighted by atomic mass is 32.2. The number of hydrogen-bond acceptors (Lipinski definition) is 4. The number of anilines is 1. The zero-order chi connectivity index (χ0) is 17.0. The lowest BCUT2D eigenvalue weighted by atomic mass is 10.1. The summed E-state index contributed by atoms with van der Waals surface area (Å²) >= 11 is 0. The van der Waals surface area contributed by atoms with E-state index in [-0.39, 0.29) is 28.2 Å². The van der Waals surface area contributed by atoms with E-state index in [1.54, 1.807) is 31.3 Å². The van der Waals surface area contributed by atoms with Crippen LogP contribution in [-0.2, 0) is 17.1 Å². The Morgan fingerprint density at radius 2 is 2.04 bits per heavy atom. The number of imidazole rings is 1. The lowest BCUT2D eigenvalue weighted by Crippen LogP contribution is -2.32. The summed E-state index contributed by atoms with van der Waals surface area (Å²) in [6.07, 6.45) is 3.58. The van der Waals surface area contributed by atoms with Gasteiger partial charge in [0.1, 0.15) is 0 Å². The van der Waals surface area contributed by atoms with Gasteiger partial charge >= 0.3 is 0 Å².